The van der Waals surface area contributed by atoms with Crippen molar-refractivity contribution < 1.29 is 0 Å². The lowest BCUT2D eigenvalue weighted by molar-refractivity contribution is 0.506. The molecule has 0 heterocycles. The first kappa shape index (κ1) is 11.0. The molecule has 0 aliphatic heterocycles. The van der Waals surface area contributed by atoms with Gasteiger partial charge in [-0.25, -0.2) is 0 Å². The molecule has 0 aromatic heterocycles. The SMILES string of the molecule is CCC(C)(C)N=CCc1ccccc1. The van der Waals surface area contributed by atoms with Crippen molar-refractivity contribution in [2.24, 2.45) is 4.99 Å². The first-order valence-corrected chi connectivity index (χ1v) is 5.21. The summed E-state index contributed by atoms with van der Waals surface area (Å²) in [5.41, 5.74) is 1.41. The van der Waals surface area contributed by atoms with Crippen LogP contribution in [0.15, 0.2) is 35.3 Å². The van der Waals surface area contributed by atoms with Crippen LogP contribution in [0.4, 0.5) is 0 Å². The van der Waals surface area contributed by atoms with E-state index in [0.29, 0.717) is 0 Å². The molecule has 0 radical (unpaired) electrons. The first-order valence-electron chi connectivity index (χ1n) is 5.21. The summed E-state index contributed by atoms with van der Waals surface area (Å²) >= 11 is 0. The molecule has 0 amide bonds. The van der Waals surface area contributed by atoms with Gasteiger partial charge in [0.1, 0.15) is 0 Å². The van der Waals surface area contributed by atoms with Crippen LogP contribution in [-0.4, -0.2) is 11.8 Å². The molecule has 0 atom stereocenters. The van der Waals surface area contributed by atoms with E-state index in [-0.39, 0.29) is 5.54 Å². The smallest absolute Gasteiger partial charge is 0.0545 e. The van der Waals surface area contributed by atoms with Gasteiger partial charge in [0.05, 0.1) is 5.54 Å². The van der Waals surface area contributed by atoms with E-state index in [1.54, 1.807) is 0 Å². The Bertz CT molecular complexity index is 285. The van der Waals surface area contributed by atoms with Gasteiger partial charge < -0.3 is 0 Å². The fourth-order valence-corrected chi connectivity index (χ4v) is 1.10. The fraction of sp³-hybridized carbons (Fsp3) is 0.462. The second-order valence-electron chi connectivity index (χ2n) is 4.17. The molecule has 1 rings (SSSR count). The third kappa shape index (κ3) is 3.73. The normalized spacial score (nSPS) is 12.2. The average Bonchev–Trinajstić information content (AvgIpc) is 2.19. The van der Waals surface area contributed by atoms with Crippen molar-refractivity contribution in [1.29, 1.82) is 0 Å². The summed E-state index contributed by atoms with van der Waals surface area (Å²) in [7, 11) is 0. The van der Waals surface area contributed by atoms with Gasteiger partial charge in [-0.05, 0) is 25.8 Å². The Balaban J connectivity index is 2.49. The Kier molecular flexibility index (Phi) is 3.87. The van der Waals surface area contributed by atoms with Crippen molar-refractivity contribution in [3.63, 3.8) is 0 Å². The maximum absolute atomic E-state index is 4.54. The van der Waals surface area contributed by atoms with Crippen LogP contribution in [0, 0.1) is 0 Å². The zero-order valence-corrected chi connectivity index (χ0v) is 9.33. The lowest BCUT2D eigenvalue weighted by Crippen LogP contribution is -2.14. The topological polar surface area (TPSA) is 12.4 Å². The molecular formula is C13H19N. The monoisotopic (exact) mass is 189 g/mol. The molecule has 0 N–H and O–H groups in total. The minimum absolute atomic E-state index is 0.0920. The maximum Gasteiger partial charge on any atom is 0.0545 e. The van der Waals surface area contributed by atoms with Crippen LogP contribution in [0.2, 0.25) is 0 Å². The second-order valence-corrected chi connectivity index (χ2v) is 4.17. The van der Waals surface area contributed by atoms with Crippen LogP contribution in [0.5, 0.6) is 0 Å². The highest BCUT2D eigenvalue weighted by Gasteiger charge is 2.10. The van der Waals surface area contributed by atoms with Crippen LogP contribution < -0.4 is 0 Å². The van der Waals surface area contributed by atoms with Crippen molar-refractivity contribution in [3.05, 3.63) is 35.9 Å². The van der Waals surface area contributed by atoms with E-state index in [2.05, 4.69) is 50.0 Å². The molecular weight excluding hydrogens is 170 g/mol. The lowest BCUT2D eigenvalue weighted by atomic mass is 10.0. The van der Waals surface area contributed by atoms with Crippen LogP contribution in [-0.2, 0) is 6.42 Å². The molecule has 0 aliphatic rings. The van der Waals surface area contributed by atoms with Gasteiger partial charge in [0.25, 0.3) is 0 Å². The number of nitrogens with zero attached hydrogens (tertiary/aromatic N) is 1. The summed E-state index contributed by atoms with van der Waals surface area (Å²) < 4.78 is 0. The number of hydrogen-bond donors (Lipinski definition) is 0. The van der Waals surface area contributed by atoms with E-state index in [1.807, 2.05) is 12.3 Å². The third-order valence-electron chi connectivity index (χ3n) is 2.48. The second kappa shape index (κ2) is 4.94. The predicted octanol–water partition coefficient (Wildman–Crippen LogP) is 3.49. The van der Waals surface area contributed by atoms with Gasteiger partial charge in [-0.15, -0.1) is 0 Å². The summed E-state index contributed by atoms with van der Waals surface area (Å²) in [6.45, 7) is 6.49. The van der Waals surface area contributed by atoms with Crippen molar-refractivity contribution in [1.82, 2.24) is 0 Å². The molecule has 0 bridgehead atoms. The standard InChI is InChI=1S/C13H19N/c1-4-13(2,3)14-11-10-12-8-6-5-7-9-12/h5-9,11H,4,10H2,1-3H3. The molecule has 0 saturated heterocycles. The Labute approximate surface area is 86.9 Å². The van der Waals surface area contributed by atoms with Gasteiger partial charge in [0.2, 0.25) is 0 Å². The molecule has 0 saturated carbocycles. The van der Waals surface area contributed by atoms with E-state index in [9.17, 15) is 0 Å². The summed E-state index contributed by atoms with van der Waals surface area (Å²) in [6, 6.07) is 10.4. The summed E-state index contributed by atoms with van der Waals surface area (Å²) in [6.07, 6.45) is 4.04. The van der Waals surface area contributed by atoms with E-state index in [0.717, 1.165) is 12.8 Å². The zero-order chi connectivity index (χ0) is 10.4. The van der Waals surface area contributed by atoms with Crippen molar-refractivity contribution in [2.45, 2.75) is 39.2 Å². The first-order chi connectivity index (χ1) is 6.64. The Hall–Kier alpha value is -1.11. The summed E-state index contributed by atoms with van der Waals surface area (Å²) in [5.74, 6) is 0. The largest absolute Gasteiger partial charge is 0.291 e. The molecule has 1 aromatic rings. The Morgan fingerprint density at radius 3 is 2.43 bits per heavy atom. The summed E-state index contributed by atoms with van der Waals surface area (Å²) in [5, 5.41) is 0. The molecule has 0 unspecified atom stereocenters. The summed E-state index contributed by atoms with van der Waals surface area (Å²) in [4.78, 5) is 4.54. The number of hydrogen-bond acceptors (Lipinski definition) is 1. The van der Waals surface area contributed by atoms with E-state index in [4.69, 9.17) is 0 Å². The van der Waals surface area contributed by atoms with Crippen molar-refractivity contribution >= 4 is 6.21 Å². The van der Waals surface area contributed by atoms with Gasteiger partial charge in [-0.3, -0.25) is 4.99 Å². The highest BCUT2D eigenvalue weighted by Crippen LogP contribution is 2.12. The van der Waals surface area contributed by atoms with Gasteiger partial charge in [0.15, 0.2) is 0 Å². The minimum Gasteiger partial charge on any atom is -0.291 e. The van der Waals surface area contributed by atoms with Gasteiger partial charge in [-0.1, -0.05) is 37.3 Å². The van der Waals surface area contributed by atoms with Gasteiger partial charge in [0, 0.05) is 12.6 Å². The van der Waals surface area contributed by atoms with Crippen molar-refractivity contribution in [3.8, 4) is 0 Å². The number of rotatable bonds is 4. The molecule has 0 fully saturated rings. The maximum atomic E-state index is 4.54. The van der Waals surface area contributed by atoms with E-state index < -0.39 is 0 Å². The van der Waals surface area contributed by atoms with Gasteiger partial charge in [-0.2, -0.15) is 0 Å². The average molecular weight is 189 g/mol. The van der Waals surface area contributed by atoms with E-state index in [1.165, 1.54) is 5.56 Å². The minimum atomic E-state index is 0.0920. The predicted molar refractivity (Wildman–Crippen MR) is 63.0 cm³/mol. The van der Waals surface area contributed by atoms with Gasteiger partial charge >= 0.3 is 0 Å². The van der Waals surface area contributed by atoms with Crippen molar-refractivity contribution in [2.75, 3.05) is 0 Å². The van der Waals surface area contributed by atoms with E-state index >= 15 is 0 Å². The molecule has 1 nitrogen and oxygen atoms in total. The van der Waals surface area contributed by atoms with Crippen LogP contribution >= 0.6 is 0 Å². The molecule has 1 aromatic carbocycles. The van der Waals surface area contributed by atoms with Crippen LogP contribution in [0.3, 0.4) is 0 Å². The quantitative estimate of drug-likeness (QED) is 0.643. The molecule has 0 aliphatic carbocycles. The van der Waals surface area contributed by atoms with Crippen LogP contribution in [0.1, 0.15) is 32.8 Å². The lowest BCUT2D eigenvalue weighted by Gasteiger charge is -2.15. The third-order valence-corrected chi connectivity index (χ3v) is 2.48. The molecule has 1 heteroatoms. The number of benzene rings is 1. The molecule has 76 valence electrons. The Morgan fingerprint density at radius 2 is 1.86 bits per heavy atom. The molecule has 14 heavy (non-hydrogen) atoms. The number of aliphatic imine (C=N–C) groups is 1. The Morgan fingerprint density at radius 1 is 1.21 bits per heavy atom. The van der Waals surface area contributed by atoms with Crippen LogP contribution in [0.25, 0.3) is 0 Å². The highest BCUT2D eigenvalue weighted by atomic mass is 14.8. The fourth-order valence-electron chi connectivity index (χ4n) is 1.10. The highest BCUT2D eigenvalue weighted by molar-refractivity contribution is 5.61. The molecule has 0 spiro atoms. The zero-order valence-electron chi connectivity index (χ0n) is 9.33.